The Morgan fingerprint density at radius 1 is 1.05 bits per heavy atom. The molecule has 3 aliphatic rings. The van der Waals surface area contributed by atoms with Gasteiger partial charge in [0, 0.05) is 12.6 Å². The molecule has 0 bridgehead atoms. The second kappa shape index (κ2) is 6.82. The quantitative estimate of drug-likeness (QED) is 0.855. The molecule has 19 heavy (non-hydrogen) atoms. The molecule has 1 aliphatic carbocycles. The van der Waals surface area contributed by atoms with Crippen LogP contribution in [0, 0.1) is 5.92 Å². The lowest BCUT2D eigenvalue weighted by atomic mass is 9.78. The van der Waals surface area contributed by atoms with E-state index >= 15 is 0 Å². The minimum atomic E-state index is 0.260. The number of rotatable bonds is 3. The zero-order valence-electron chi connectivity index (χ0n) is 12.2. The molecule has 0 aromatic heterocycles. The smallest absolute Gasteiger partial charge is 0.0697 e. The van der Waals surface area contributed by atoms with Gasteiger partial charge in [-0.25, -0.2) is 0 Å². The van der Waals surface area contributed by atoms with Gasteiger partial charge in [-0.05, 0) is 62.5 Å². The monoisotopic (exact) mass is 283 g/mol. The summed E-state index contributed by atoms with van der Waals surface area (Å²) in [5.74, 6) is 3.69. The second-order valence-corrected chi connectivity index (χ2v) is 7.97. The predicted molar refractivity (Wildman–Crippen MR) is 82.8 cm³/mol. The van der Waals surface area contributed by atoms with Crippen molar-refractivity contribution in [2.75, 3.05) is 24.7 Å². The second-order valence-electron chi connectivity index (χ2n) is 6.75. The normalized spacial score (nSPS) is 32.5. The van der Waals surface area contributed by atoms with Crippen LogP contribution in [0.3, 0.4) is 0 Å². The van der Waals surface area contributed by atoms with Crippen LogP contribution in [-0.2, 0) is 4.74 Å². The first-order valence-electron chi connectivity index (χ1n) is 8.31. The van der Waals surface area contributed by atoms with E-state index in [-0.39, 0.29) is 5.60 Å². The SMILES string of the molecule is C1CCC2(CC1)CC(NCC1CCSCC1)CCO2. The van der Waals surface area contributed by atoms with Crippen molar-refractivity contribution in [2.24, 2.45) is 5.92 Å². The van der Waals surface area contributed by atoms with Crippen molar-refractivity contribution in [3.05, 3.63) is 0 Å². The zero-order valence-corrected chi connectivity index (χ0v) is 13.0. The van der Waals surface area contributed by atoms with Crippen molar-refractivity contribution in [3.63, 3.8) is 0 Å². The molecule has 3 rings (SSSR count). The summed E-state index contributed by atoms with van der Waals surface area (Å²) in [7, 11) is 0. The fourth-order valence-corrected chi connectivity index (χ4v) is 5.23. The highest BCUT2D eigenvalue weighted by Crippen LogP contribution is 2.38. The van der Waals surface area contributed by atoms with Crippen molar-refractivity contribution in [1.29, 1.82) is 0 Å². The van der Waals surface area contributed by atoms with E-state index in [9.17, 15) is 0 Å². The van der Waals surface area contributed by atoms with Crippen molar-refractivity contribution in [1.82, 2.24) is 5.32 Å². The van der Waals surface area contributed by atoms with E-state index in [1.54, 1.807) is 0 Å². The van der Waals surface area contributed by atoms with Crippen molar-refractivity contribution < 1.29 is 4.74 Å². The van der Waals surface area contributed by atoms with Gasteiger partial charge in [0.15, 0.2) is 0 Å². The first-order valence-corrected chi connectivity index (χ1v) is 9.47. The lowest BCUT2D eigenvalue weighted by Crippen LogP contribution is -2.49. The third kappa shape index (κ3) is 3.89. The standard InChI is InChI=1S/C16H29NOS/c1-2-7-16(8-3-1)12-15(4-9-18-16)17-13-14-5-10-19-11-6-14/h14-15,17H,1-13H2. The molecule has 1 saturated carbocycles. The highest BCUT2D eigenvalue weighted by Gasteiger charge is 2.38. The van der Waals surface area contributed by atoms with Crippen molar-refractivity contribution in [2.45, 2.75) is 69.4 Å². The van der Waals surface area contributed by atoms with Gasteiger partial charge in [-0.1, -0.05) is 19.3 Å². The Kier molecular flexibility index (Phi) is 5.10. The van der Waals surface area contributed by atoms with Crippen LogP contribution in [0.5, 0.6) is 0 Å². The lowest BCUT2D eigenvalue weighted by molar-refractivity contribution is -0.109. The van der Waals surface area contributed by atoms with E-state index in [1.807, 2.05) is 0 Å². The first-order chi connectivity index (χ1) is 9.36. The maximum Gasteiger partial charge on any atom is 0.0697 e. The fraction of sp³-hybridized carbons (Fsp3) is 1.00. The summed E-state index contributed by atoms with van der Waals surface area (Å²) in [6.45, 7) is 2.24. The van der Waals surface area contributed by atoms with E-state index in [0.29, 0.717) is 0 Å². The number of nitrogens with one attached hydrogen (secondary N) is 1. The average molecular weight is 283 g/mol. The van der Waals surface area contributed by atoms with Gasteiger partial charge in [0.25, 0.3) is 0 Å². The van der Waals surface area contributed by atoms with Gasteiger partial charge in [-0.15, -0.1) is 0 Å². The van der Waals surface area contributed by atoms with Crippen LogP contribution in [0.15, 0.2) is 0 Å². The van der Waals surface area contributed by atoms with Crippen molar-refractivity contribution in [3.8, 4) is 0 Å². The van der Waals surface area contributed by atoms with E-state index in [2.05, 4.69) is 17.1 Å². The van der Waals surface area contributed by atoms with Gasteiger partial charge in [-0.2, -0.15) is 11.8 Å². The van der Waals surface area contributed by atoms with E-state index in [0.717, 1.165) is 18.6 Å². The topological polar surface area (TPSA) is 21.3 Å². The van der Waals surface area contributed by atoms with Crippen LogP contribution in [-0.4, -0.2) is 36.3 Å². The van der Waals surface area contributed by atoms with Gasteiger partial charge in [-0.3, -0.25) is 0 Å². The third-order valence-electron chi connectivity index (χ3n) is 5.29. The molecule has 0 amide bonds. The molecule has 110 valence electrons. The Hall–Kier alpha value is 0.270. The molecule has 1 atom stereocenters. The van der Waals surface area contributed by atoms with Crippen LogP contribution >= 0.6 is 11.8 Å². The summed E-state index contributed by atoms with van der Waals surface area (Å²) < 4.78 is 6.19. The molecule has 1 spiro atoms. The highest BCUT2D eigenvalue weighted by atomic mass is 32.2. The van der Waals surface area contributed by atoms with Gasteiger partial charge in [0.1, 0.15) is 0 Å². The largest absolute Gasteiger partial charge is 0.375 e. The average Bonchev–Trinajstić information content (AvgIpc) is 2.47. The summed E-state index contributed by atoms with van der Waals surface area (Å²) in [6, 6.07) is 0.724. The molecule has 0 aromatic carbocycles. The predicted octanol–water partition coefficient (Wildman–Crippen LogP) is 3.60. The van der Waals surface area contributed by atoms with Gasteiger partial charge < -0.3 is 10.1 Å². The molecule has 2 aliphatic heterocycles. The molecule has 3 fully saturated rings. The molecule has 0 radical (unpaired) electrons. The van der Waals surface area contributed by atoms with E-state index < -0.39 is 0 Å². The Bertz CT molecular complexity index is 266. The number of thioether (sulfide) groups is 1. The maximum atomic E-state index is 6.19. The lowest BCUT2D eigenvalue weighted by Gasteiger charge is -2.44. The minimum absolute atomic E-state index is 0.260. The van der Waals surface area contributed by atoms with Gasteiger partial charge in [0.05, 0.1) is 5.60 Å². The van der Waals surface area contributed by atoms with Crippen LogP contribution in [0.1, 0.15) is 57.8 Å². The minimum Gasteiger partial charge on any atom is -0.375 e. The molecular weight excluding hydrogens is 254 g/mol. The van der Waals surface area contributed by atoms with Crippen LogP contribution in [0.25, 0.3) is 0 Å². The number of hydrogen-bond acceptors (Lipinski definition) is 3. The Morgan fingerprint density at radius 2 is 1.84 bits per heavy atom. The third-order valence-corrected chi connectivity index (χ3v) is 6.34. The van der Waals surface area contributed by atoms with E-state index in [4.69, 9.17) is 4.74 Å². The van der Waals surface area contributed by atoms with Gasteiger partial charge in [0.2, 0.25) is 0 Å². The van der Waals surface area contributed by atoms with Gasteiger partial charge >= 0.3 is 0 Å². The Morgan fingerprint density at radius 3 is 2.63 bits per heavy atom. The molecule has 1 N–H and O–H groups in total. The summed E-state index contributed by atoms with van der Waals surface area (Å²) in [6.07, 6.45) is 12.1. The van der Waals surface area contributed by atoms with Crippen LogP contribution < -0.4 is 5.32 Å². The first kappa shape index (κ1) is 14.2. The molecule has 1 unspecified atom stereocenters. The fourth-order valence-electron chi connectivity index (χ4n) is 4.03. The van der Waals surface area contributed by atoms with Crippen LogP contribution in [0.2, 0.25) is 0 Å². The summed E-state index contributed by atoms with van der Waals surface area (Å²) in [4.78, 5) is 0. The molecule has 3 heteroatoms. The van der Waals surface area contributed by atoms with Crippen LogP contribution in [0.4, 0.5) is 0 Å². The summed E-state index contributed by atoms with van der Waals surface area (Å²) in [5, 5.41) is 3.87. The summed E-state index contributed by atoms with van der Waals surface area (Å²) >= 11 is 2.13. The maximum absolute atomic E-state index is 6.19. The molecule has 2 saturated heterocycles. The molecular formula is C16H29NOS. The Balaban J connectivity index is 1.45. The highest BCUT2D eigenvalue weighted by molar-refractivity contribution is 7.99. The molecule has 2 heterocycles. The number of ether oxygens (including phenoxy) is 1. The Labute approximate surface area is 122 Å². The molecule has 2 nitrogen and oxygen atoms in total. The summed E-state index contributed by atoms with van der Waals surface area (Å²) in [5.41, 5.74) is 0.260. The molecule has 0 aromatic rings. The number of hydrogen-bond donors (Lipinski definition) is 1. The zero-order chi connectivity index (χ0) is 13.0. The van der Waals surface area contributed by atoms with E-state index in [1.165, 1.54) is 75.8 Å². The van der Waals surface area contributed by atoms with Crippen molar-refractivity contribution >= 4 is 11.8 Å².